The van der Waals surface area contributed by atoms with Gasteiger partial charge in [0.2, 0.25) is 0 Å². The van der Waals surface area contributed by atoms with Gasteiger partial charge in [-0.2, -0.15) is 0 Å². The van der Waals surface area contributed by atoms with Crippen LogP contribution >= 0.6 is 0 Å². The first kappa shape index (κ1) is 14.2. The zero-order valence-corrected chi connectivity index (χ0v) is 13.1. The third-order valence-electron chi connectivity index (χ3n) is 4.94. The van der Waals surface area contributed by atoms with E-state index in [2.05, 4.69) is 34.6 Å². The van der Waals surface area contributed by atoms with Gasteiger partial charge < -0.3 is 14.3 Å². The van der Waals surface area contributed by atoms with Gasteiger partial charge in [-0.1, -0.05) is 6.92 Å². The van der Waals surface area contributed by atoms with E-state index in [9.17, 15) is 5.11 Å². The van der Waals surface area contributed by atoms with Crippen LogP contribution in [0.1, 0.15) is 71.0 Å². The van der Waals surface area contributed by atoms with Crippen LogP contribution in [0.4, 0.5) is 0 Å². The van der Waals surface area contributed by atoms with E-state index in [1.807, 2.05) is 12.1 Å². The molecule has 0 radical (unpaired) electrons. The SMILES string of the molecule is CC1CC1c1ccc(C(O)C2CC(C)(C)OC2(C)C)o1. The van der Waals surface area contributed by atoms with E-state index >= 15 is 0 Å². The van der Waals surface area contributed by atoms with Gasteiger partial charge in [0.15, 0.2) is 0 Å². The molecule has 0 spiro atoms. The Balaban J connectivity index is 1.78. The van der Waals surface area contributed by atoms with Crippen molar-refractivity contribution in [1.29, 1.82) is 0 Å². The van der Waals surface area contributed by atoms with Crippen molar-refractivity contribution in [3.8, 4) is 0 Å². The van der Waals surface area contributed by atoms with Gasteiger partial charge in [0.05, 0.1) is 11.2 Å². The van der Waals surface area contributed by atoms with Crippen molar-refractivity contribution in [3.63, 3.8) is 0 Å². The summed E-state index contributed by atoms with van der Waals surface area (Å²) in [7, 11) is 0. The molecule has 0 amide bonds. The molecule has 0 aromatic carbocycles. The first-order chi connectivity index (χ1) is 9.20. The van der Waals surface area contributed by atoms with E-state index in [1.54, 1.807) is 0 Å². The van der Waals surface area contributed by atoms with E-state index < -0.39 is 6.10 Å². The van der Waals surface area contributed by atoms with Crippen LogP contribution < -0.4 is 0 Å². The number of hydrogen-bond donors (Lipinski definition) is 1. The molecule has 2 fully saturated rings. The van der Waals surface area contributed by atoms with Crippen LogP contribution in [0, 0.1) is 11.8 Å². The Labute approximate surface area is 121 Å². The summed E-state index contributed by atoms with van der Waals surface area (Å²) in [5.41, 5.74) is -0.516. The summed E-state index contributed by atoms with van der Waals surface area (Å²) in [4.78, 5) is 0. The molecule has 1 aromatic rings. The molecule has 3 nitrogen and oxygen atoms in total. The van der Waals surface area contributed by atoms with Crippen molar-refractivity contribution in [2.75, 3.05) is 0 Å². The summed E-state index contributed by atoms with van der Waals surface area (Å²) >= 11 is 0. The maximum absolute atomic E-state index is 10.7. The first-order valence-corrected chi connectivity index (χ1v) is 7.67. The van der Waals surface area contributed by atoms with Gasteiger partial charge in [-0.15, -0.1) is 0 Å². The Kier molecular flexibility index (Phi) is 3.07. The highest BCUT2D eigenvalue weighted by Crippen LogP contribution is 2.50. The molecule has 112 valence electrons. The van der Waals surface area contributed by atoms with Crippen LogP contribution in [0.5, 0.6) is 0 Å². The summed E-state index contributed by atoms with van der Waals surface area (Å²) in [5.74, 6) is 3.06. The molecule has 1 saturated carbocycles. The van der Waals surface area contributed by atoms with E-state index in [0.717, 1.165) is 18.1 Å². The quantitative estimate of drug-likeness (QED) is 0.907. The second-order valence-electron chi connectivity index (χ2n) is 7.78. The van der Waals surface area contributed by atoms with Crippen LogP contribution in [0.3, 0.4) is 0 Å². The first-order valence-electron chi connectivity index (χ1n) is 7.67. The highest BCUT2D eigenvalue weighted by atomic mass is 16.5. The molecule has 1 N–H and O–H groups in total. The molecule has 2 aliphatic rings. The van der Waals surface area contributed by atoms with E-state index in [-0.39, 0.29) is 17.1 Å². The monoisotopic (exact) mass is 278 g/mol. The van der Waals surface area contributed by atoms with E-state index in [4.69, 9.17) is 9.15 Å². The molecule has 1 saturated heterocycles. The van der Waals surface area contributed by atoms with Gasteiger partial charge in [-0.05, 0) is 58.6 Å². The van der Waals surface area contributed by atoms with Gasteiger partial charge >= 0.3 is 0 Å². The lowest BCUT2D eigenvalue weighted by Gasteiger charge is -2.29. The number of ether oxygens (including phenoxy) is 1. The van der Waals surface area contributed by atoms with E-state index in [1.165, 1.54) is 6.42 Å². The average Bonchev–Trinajstić information content (AvgIpc) is 2.78. The lowest BCUT2D eigenvalue weighted by Crippen LogP contribution is -2.32. The fraction of sp³-hybridized carbons (Fsp3) is 0.765. The standard InChI is InChI=1S/C17H26O3/c1-10-8-11(10)13-6-7-14(19-13)15(18)12-9-16(2,3)20-17(12,4)5/h6-7,10-12,15,18H,8-9H2,1-5H3. The minimum Gasteiger partial charge on any atom is -0.463 e. The Morgan fingerprint density at radius 2 is 1.90 bits per heavy atom. The van der Waals surface area contributed by atoms with Crippen molar-refractivity contribution in [2.24, 2.45) is 11.8 Å². The molecule has 20 heavy (non-hydrogen) atoms. The largest absolute Gasteiger partial charge is 0.463 e. The Morgan fingerprint density at radius 1 is 1.25 bits per heavy atom. The highest BCUT2D eigenvalue weighted by molar-refractivity contribution is 5.19. The summed E-state index contributed by atoms with van der Waals surface area (Å²) in [6.45, 7) is 10.5. The van der Waals surface area contributed by atoms with Crippen LogP contribution in [0.25, 0.3) is 0 Å². The zero-order valence-electron chi connectivity index (χ0n) is 13.1. The Bertz CT molecular complexity index is 500. The second-order valence-corrected chi connectivity index (χ2v) is 7.78. The molecule has 2 heterocycles. The fourth-order valence-corrected chi connectivity index (χ4v) is 3.74. The van der Waals surface area contributed by atoms with Crippen LogP contribution in [-0.4, -0.2) is 16.3 Å². The Morgan fingerprint density at radius 3 is 2.40 bits per heavy atom. The fourth-order valence-electron chi connectivity index (χ4n) is 3.74. The van der Waals surface area contributed by atoms with E-state index in [0.29, 0.717) is 11.7 Å². The highest BCUT2D eigenvalue weighted by Gasteiger charge is 2.50. The number of aliphatic hydroxyl groups excluding tert-OH is 1. The predicted octanol–water partition coefficient (Wildman–Crippen LogP) is 4.03. The molecule has 3 heteroatoms. The van der Waals surface area contributed by atoms with Gasteiger partial charge in [-0.25, -0.2) is 0 Å². The molecule has 4 unspecified atom stereocenters. The predicted molar refractivity (Wildman–Crippen MR) is 77.5 cm³/mol. The molecule has 3 rings (SSSR count). The average molecular weight is 278 g/mol. The van der Waals surface area contributed by atoms with Crippen molar-refractivity contribution in [1.82, 2.24) is 0 Å². The molecular formula is C17H26O3. The third-order valence-corrected chi connectivity index (χ3v) is 4.94. The van der Waals surface area contributed by atoms with Gasteiger partial charge in [-0.3, -0.25) is 0 Å². The summed E-state index contributed by atoms with van der Waals surface area (Å²) in [5, 5.41) is 10.7. The molecule has 0 bridgehead atoms. The molecule has 4 atom stereocenters. The number of rotatable bonds is 3. The minimum atomic E-state index is -0.588. The second kappa shape index (κ2) is 4.35. The summed E-state index contributed by atoms with van der Waals surface area (Å²) < 4.78 is 12.0. The summed E-state index contributed by atoms with van der Waals surface area (Å²) in [6.07, 6.45) is 1.46. The smallest absolute Gasteiger partial charge is 0.133 e. The normalized spacial score (nSPS) is 36.0. The number of furan rings is 1. The van der Waals surface area contributed by atoms with Crippen molar-refractivity contribution >= 4 is 0 Å². The Hall–Kier alpha value is -0.800. The molecule has 1 aliphatic heterocycles. The van der Waals surface area contributed by atoms with Crippen molar-refractivity contribution in [2.45, 2.75) is 70.7 Å². The van der Waals surface area contributed by atoms with Gasteiger partial charge in [0.25, 0.3) is 0 Å². The van der Waals surface area contributed by atoms with Crippen LogP contribution in [0.2, 0.25) is 0 Å². The van der Waals surface area contributed by atoms with Gasteiger partial charge in [0.1, 0.15) is 17.6 Å². The number of aliphatic hydroxyl groups is 1. The maximum Gasteiger partial charge on any atom is 0.133 e. The van der Waals surface area contributed by atoms with Crippen molar-refractivity contribution < 1.29 is 14.3 Å². The zero-order chi connectivity index (χ0) is 14.7. The third kappa shape index (κ3) is 2.42. The summed E-state index contributed by atoms with van der Waals surface area (Å²) in [6, 6.07) is 3.97. The minimum absolute atomic E-state index is 0.0631. The lowest BCUT2D eigenvalue weighted by molar-refractivity contribution is -0.0899. The molecular weight excluding hydrogens is 252 g/mol. The van der Waals surface area contributed by atoms with Crippen LogP contribution in [0.15, 0.2) is 16.5 Å². The topological polar surface area (TPSA) is 42.6 Å². The van der Waals surface area contributed by atoms with Crippen LogP contribution in [-0.2, 0) is 4.74 Å². The molecule has 1 aliphatic carbocycles. The maximum atomic E-state index is 10.7. The lowest BCUT2D eigenvalue weighted by atomic mass is 9.82. The van der Waals surface area contributed by atoms with Crippen molar-refractivity contribution in [3.05, 3.63) is 23.7 Å². The molecule has 1 aromatic heterocycles. The number of hydrogen-bond acceptors (Lipinski definition) is 3. The van der Waals surface area contributed by atoms with Gasteiger partial charge in [0, 0.05) is 11.8 Å².